The van der Waals surface area contributed by atoms with Gasteiger partial charge in [0.05, 0.1) is 5.41 Å². The summed E-state index contributed by atoms with van der Waals surface area (Å²) in [7, 11) is 9.64. The first-order valence-corrected chi connectivity index (χ1v) is 30.3. The van der Waals surface area contributed by atoms with Gasteiger partial charge in [-0.05, 0) is 174 Å². The van der Waals surface area contributed by atoms with E-state index < -0.39 is 0 Å². The maximum atomic E-state index is 4.85. The van der Waals surface area contributed by atoms with Crippen molar-refractivity contribution in [2.45, 2.75) is 206 Å². The first-order chi connectivity index (χ1) is 29.1. The van der Waals surface area contributed by atoms with Crippen molar-refractivity contribution >= 4 is 32.9 Å². The number of hydrogen-bond acceptors (Lipinski definition) is 2. The Kier molecular flexibility index (Phi) is 18.4. The van der Waals surface area contributed by atoms with Crippen LogP contribution in [0.15, 0.2) is 64.5 Å². The van der Waals surface area contributed by atoms with Crippen LogP contribution in [0, 0.1) is 41.5 Å². The molecule has 7 rings (SSSR count). The zero-order chi connectivity index (χ0) is 42.8. The molecule has 1 saturated heterocycles. The molecule has 2 unspecified atom stereocenters. The number of aryl methyl sites for hydroxylation is 6. The van der Waals surface area contributed by atoms with Gasteiger partial charge in [0.25, 0.3) is 0 Å². The van der Waals surface area contributed by atoms with Crippen molar-refractivity contribution in [2.75, 3.05) is 13.1 Å². The van der Waals surface area contributed by atoms with Gasteiger partial charge in [0.2, 0.25) is 0 Å². The summed E-state index contributed by atoms with van der Waals surface area (Å²) < 4.78 is 0. The number of nitrogens with one attached hydrogen (secondary N) is 2. The van der Waals surface area contributed by atoms with Crippen molar-refractivity contribution in [2.24, 2.45) is 0 Å². The Hall–Kier alpha value is -1.37. The van der Waals surface area contributed by atoms with Gasteiger partial charge in [0, 0.05) is 24.3 Å². The molecule has 5 aliphatic rings. The van der Waals surface area contributed by atoms with E-state index in [9.17, 15) is 0 Å². The van der Waals surface area contributed by atoms with Crippen LogP contribution >= 0.6 is 27.3 Å². The van der Waals surface area contributed by atoms with Crippen molar-refractivity contribution < 1.29 is 15.1 Å². The summed E-state index contributed by atoms with van der Waals surface area (Å²) in [6.07, 6.45) is 33.3. The van der Waals surface area contributed by atoms with Gasteiger partial charge in [-0.25, -0.2) is 0 Å². The second-order valence-corrected chi connectivity index (χ2v) is 24.9. The molecule has 0 aromatic heterocycles. The van der Waals surface area contributed by atoms with Gasteiger partial charge in [0.1, 0.15) is 5.82 Å². The second-order valence-electron chi connectivity index (χ2n) is 19.3. The SMILES string of the molecule is CCCCC1=CC(C=C2CCCCC2P(C2CCCCC2)C2CCCCC2)(c2c(C)cc(C)cc2C)C(=C2NCCN2)C(c2c(C)cc(C)cc2C)=C1CCCC.[Cl][Ru][Cl]. The van der Waals surface area contributed by atoms with Crippen LogP contribution < -0.4 is 10.6 Å². The Morgan fingerprint density at radius 2 is 1.18 bits per heavy atom. The molecule has 60 heavy (non-hydrogen) atoms. The van der Waals surface area contributed by atoms with Crippen molar-refractivity contribution in [1.82, 2.24) is 10.6 Å². The molecule has 0 amide bonds. The van der Waals surface area contributed by atoms with E-state index >= 15 is 0 Å². The molecule has 0 bridgehead atoms. The van der Waals surface area contributed by atoms with Gasteiger partial charge >= 0.3 is 34.5 Å². The van der Waals surface area contributed by atoms with E-state index in [-0.39, 0.29) is 28.5 Å². The molecule has 2 atom stereocenters. The minimum absolute atomic E-state index is 0.0720. The van der Waals surface area contributed by atoms with E-state index in [1.165, 1.54) is 166 Å². The molecule has 1 aliphatic heterocycles. The van der Waals surface area contributed by atoms with Crippen LogP contribution in [0.1, 0.15) is 187 Å². The van der Waals surface area contributed by atoms with E-state index in [1.807, 2.05) is 5.57 Å². The molecule has 2 N–H and O–H groups in total. The predicted octanol–water partition coefficient (Wildman–Crippen LogP) is 16.3. The summed E-state index contributed by atoms with van der Waals surface area (Å²) in [6, 6.07) is 9.95. The summed E-state index contributed by atoms with van der Waals surface area (Å²) in [5.74, 6) is 1.29. The quantitative estimate of drug-likeness (QED) is 0.126. The van der Waals surface area contributed by atoms with Crippen molar-refractivity contribution in [3.8, 4) is 0 Å². The van der Waals surface area contributed by atoms with E-state index in [0.29, 0.717) is 0 Å². The average Bonchev–Trinajstić information content (AvgIpc) is 3.75. The average molecular weight is 959 g/mol. The summed E-state index contributed by atoms with van der Waals surface area (Å²) in [5, 5.41) is 8.08. The monoisotopic (exact) mass is 958 g/mol. The van der Waals surface area contributed by atoms with Gasteiger partial charge < -0.3 is 10.6 Å². The Morgan fingerprint density at radius 1 is 0.683 bits per heavy atom. The summed E-state index contributed by atoms with van der Waals surface area (Å²) in [5.41, 5.74) is 22.1. The Balaban J connectivity index is 0.00000195. The summed E-state index contributed by atoms with van der Waals surface area (Å²) in [6.45, 7) is 21.0. The first-order valence-electron chi connectivity index (χ1n) is 24.3. The third-order valence-corrected chi connectivity index (χ3v) is 18.7. The standard InChI is InChI=1S/C54H79N2P.2ClH.Ru/c1-9-11-21-43-35-54(51-41(7)33-38(4)34-42(51)8,36-44-22-19-20-28-48(44)57(45-23-15-13-16-24-45)46-25-17-14-18-26-46)52(53-55-29-30-56-53)50(47(43)27-12-10-2)49-39(5)31-37(3)32-40(49)6;;;/h31-36,45-46,48,55-56H,9-30H2,1-8H3;2*1H;/q;;;+2/p-2. The van der Waals surface area contributed by atoms with Crippen molar-refractivity contribution in [1.29, 1.82) is 0 Å². The molecular weight excluding hydrogens is 880 g/mol. The number of allylic oxidation sites excluding steroid dienone is 7. The van der Waals surface area contributed by atoms with Crippen LogP contribution in [-0.4, -0.2) is 30.1 Å². The number of hydrogen-bond donors (Lipinski definition) is 2. The third-order valence-electron chi connectivity index (χ3n) is 14.7. The van der Waals surface area contributed by atoms with Crippen molar-refractivity contribution in [3.63, 3.8) is 0 Å². The third kappa shape index (κ3) is 10.9. The van der Waals surface area contributed by atoms with Gasteiger partial charge in [-0.2, -0.15) is 0 Å². The van der Waals surface area contributed by atoms with E-state index in [2.05, 4.69) is 102 Å². The van der Waals surface area contributed by atoms with Crippen LogP contribution in [-0.2, 0) is 20.6 Å². The molecule has 0 spiro atoms. The molecule has 6 heteroatoms. The summed E-state index contributed by atoms with van der Waals surface area (Å²) in [4.78, 5) is 0. The predicted molar refractivity (Wildman–Crippen MR) is 263 cm³/mol. The molecule has 4 aliphatic carbocycles. The number of unbranched alkanes of at least 4 members (excludes halogenated alkanes) is 2. The molecule has 0 radical (unpaired) electrons. The molecule has 3 saturated carbocycles. The fourth-order valence-electron chi connectivity index (χ4n) is 12.6. The van der Waals surface area contributed by atoms with Crippen LogP contribution in [0.3, 0.4) is 0 Å². The summed E-state index contributed by atoms with van der Waals surface area (Å²) >= 11 is -0.346. The Morgan fingerprint density at radius 3 is 1.72 bits per heavy atom. The Labute approximate surface area is 384 Å². The number of benzene rings is 2. The van der Waals surface area contributed by atoms with E-state index in [4.69, 9.17) is 19.4 Å². The number of halogens is 2. The zero-order valence-corrected chi connectivity index (χ0v) is 43.0. The van der Waals surface area contributed by atoms with E-state index in [0.717, 1.165) is 42.9 Å². The molecular formula is C54H79Cl2N2PRu. The first kappa shape index (κ1) is 48.1. The molecule has 332 valence electrons. The molecule has 1 heterocycles. The second kappa shape index (κ2) is 23.0. The molecule has 2 nitrogen and oxygen atoms in total. The van der Waals surface area contributed by atoms with Gasteiger partial charge in [-0.3, -0.25) is 0 Å². The van der Waals surface area contributed by atoms with Crippen molar-refractivity contribution in [3.05, 3.63) is 109 Å². The number of rotatable bonds is 12. The van der Waals surface area contributed by atoms with Crippen LogP contribution in [0.25, 0.3) is 5.57 Å². The van der Waals surface area contributed by atoms with E-state index in [1.54, 1.807) is 22.3 Å². The van der Waals surface area contributed by atoms with Crippen LogP contribution in [0.4, 0.5) is 0 Å². The normalized spacial score (nSPS) is 23.8. The molecule has 2 aromatic rings. The zero-order valence-electron chi connectivity index (χ0n) is 38.8. The maximum absolute atomic E-state index is 4.85. The van der Waals surface area contributed by atoms with Gasteiger partial charge in [-0.15, -0.1) is 0 Å². The Bertz CT molecular complexity index is 1820. The molecule has 2 aromatic carbocycles. The minimum atomic E-state index is -0.371. The van der Waals surface area contributed by atoms with Crippen LogP contribution in [0.2, 0.25) is 0 Å². The van der Waals surface area contributed by atoms with Gasteiger partial charge in [-0.1, -0.05) is 133 Å². The molecule has 4 fully saturated rings. The topological polar surface area (TPSA) is 24.1 Å². The van der Waals surface area contributed by atoms with Gasteiger partial charge in [0.15, 0.2) is 0 Å². The van der Waals surface area contributed by atoms with Crippen LogP contribution in [0.5, 0.6) is 0 Å². The fourth-order valence-corrected chi connectivity index (χ4v) is 17.2. The fraction of sp³-hybridized carbons (Fsp3) is 0.630.